The predicted octanol–water partition coefficient (Wildman–Crippen LogP) is 4.59. The van der Waals surface area contributed by atoms with Crippen molar-refractivity contribution in [1.29, 1.82) is 0 Å². The second-order valence-corrected chi connectivity index (χ2v) is 5.45. The van der Waals surface area contributed by atoms with Crippen LogP contribution in [0, 0.1) is 6.92 Å². The van der Waals surface area contributed by atoms with Crippen LogP contribution in [-0.4, -0.2) is 17.4 Å². The van der Waals surface area contributed by atoms with Gasteiger partial charge < -0.3 is 14.4 Å². The maximum absolute atomic E-state index is 10.3. The Balaban J connectivity index is 2.10. The molecule has 118 valence electrons. The van der Waals surface area contributed by atoms with Crippen molar-refractivity contribution < 1.29 is 14.4 Å². The molecule has 3 aromatic rings. The largest absolute Gasteiger partial charge is 0.507 e. The molecular formula is C19H19NO3. The first kappa shape index (κ1) is 15.2. The number of phenolic OH excluding ortho intramolecular Hbond substituents is 1. The van der Waals surface area contributed by atoms with Gasteiger partial charge in [-0.05, 0) is 54.3 Å². The normalized spacial score (nSPS) is 10.7. The molecule has 0 saturated heterocycles. The van der Waals surface area contributed by atoms with Crippen LogP contribution in [0.25, 0.3) is 22.5 Å². The van der Waals surface area contributed by atoms with Gasteiger partial charge in [-0.1, -0.05) is 24.2 Å². The van der Waals surface area contributed by atoms with Crippen LogP contribution >= 0.6 is 0 Å². The van der Waals surface area contributed by atoms with Gasteiger partial charge >= 0.3 is 0 Å². The van der Waals surface area contributed by atoms with Crippen LogP contribution in [0.1, 0.15) is 18.1 Å². The highest BCUT2D eigenvalue weighted by Gasteiger charge is 2.17. The molecule has 0 aliphatic heterocycles. The van der Waals surface area contributed by atoms with Crippen LogP contribution in [0.5, 0.6) is 11.5 Å². The van der Waals surface area contributed by atoms with E-state index < -0.39 is 0 Å². The topological polar surface area (TPSA) is 55.5 Å². The number of hydrogen-bond donors (Lipinski definition) is 1. The summed E-state index contributed by atoms with van der Waals surface area (Å²) in [5.41, 5.74) is 4.71. The van der Waals surface area contributed by atoms with Crippen molar-refractivity contribution in [2.75, 3.05) is 7.11 Å². The molecule has 0 spiro atoms. The zero-order valence-electron chi connectivity index (χ0n) is 13.5. The molecule has 0 saturated carbocycles. The van der Waals surface area contributed by atoms with Gasteiger partial charge in [-0.3, -0.25) is 0 Å². The molecule has 0 bridgehead atoms. The third kappa shape index (κ3) is 2.80. The molecule has 0 radical (unpaired) electrons. The van der Waals surface area contributed by atoms with Crippen LogP contribution in [0.3, 0.4) is 0 Å². The lowest BCUT2D eigenvalue weighted by Gasteiger charge is -2.09. The summed E-state index contributed by atoms with van der Waals surface area (Å²) in [7, 11) is 1.64. The summed E-state index contributed by atoms with van der Waals surface area (Å²) in [5.74, 6) is 1.56. The second kappa shape index (κ2) is 6.16. The fraction of sp³-hybridized carbons (Fsp3) is 0.211. The highest BCUT2D eigenvalue weighted by atomic mass is 16.5. The highest BCUT2D eigenvalue weighted by molar-refractivity contribution is 5.82. The van der Waals surface area contributed by atoms with E-state index in [4.69, 9.17) is 9.26 Å². The molecule has 1 N–H and O–H groups in total. The summed E-state index contributed by atoms with van der Waals surface area (Å²) in [5, 5.41) is 14.2. The minimum Gasteiger partial charge on any atom is -0.507 e. The van der Waals surface area contributed by atoms with Crippen LogP contribution < -0.4 is 4.74 Å². The lowest BCUT2D eigenvalue weighted by atomic mass is 9.97. The predicted molar refractivity (Wildman–Crippen MR) is 89.7 cm³/mol. The molecule has 23 heavy (non-hydrogen) atoms. The smallest absolute Gasteiger partial charge is 0.178 e. The number of ether oxygens (including phenoxy) is 1. The molecule has 4 heteroatoms. The molecular weight excluding hydrogens is 290 g/mol. The van der Waals surface area contributed by atoms with Gasteiger partial charge in [-0.25, -0.2) is 0 Å². The van der Waals surface area contributed by atoms with E-state index in [1.807, 2.05) is 37.3 Å². The van der Waals surface area contributed by atoms with Gasteiger partial charge in [0.05, 0.1) is 18.9 Å². The van der Waals surface area contributed by atoms with Crippen LogP contribution in [0.4, 0.5) is 0 Å². The number of aromatic hydroxyl groups is 1. The number of benzene rings is 2. The maximum Gasteiger partial charge on any atom is 0.178 e. The van der Waals surface area contributed by atoms with Crippen molar-refractivity contribution in [2.45, 2.75) is 20.3 Å². The third-order valence-corrected chi connectivity index (χ3v) is 4.05. The van der Waals surface area contributed by atoms with Crippen LogP contribution in [0.15, 0.2) is 47.1 Å². The van der Waals surface area contributed by atoms with Gasteiger partial charge in [0, 0.05) is 5.56 Å². The van der Waals surface area contributed by atoms with Gasteiger partial charge in [0.25, 0.3) is 0 Å². The zero-order valence-corrected chi connectivity index (χ0v) is 13.5. The zero-order chi connectivity index (χ0) is 16.4. The Morgan fingerprint density at radius 2 is 1.87 bits per heavy atom. The molecule has 0 atom stereocenters. The molecule has 0 amide bonds. The quantitative estimate of drug-likeness (QED) is 0.765. The van der Waals surface area contributed by atoms with Crippen molar-refractivity contribution in [3.05, 3.63) is 53.7 Å². The Morgan fingerprint density at radius 3 is 2.52 bits per heavy atom. The van der Waals surface area contributed by atoms with Gasteiger partial charge in [0.1, 0.15) is 11.5 Å². The maximum atomic E-state index is 10.3. The molecule has 0 fully saturated rings. The number of aromatic nitrogens is 1. The highest BCUT2D eigenvalue weighted by Crippen LogP contribution is 2.38. The van der Waals surface area contributed by atoms with Crippen LogP contribution in [0.2, 0.25) is 0 Å². The SMILES string of the molecule is CCc1cc(-c2oncc2-c2ccc(OC)cc2)c(O)cc1C. The summed E-state index contributed by atoms with van der Waals surface area (Å²) >= 11 is 0. The average Bonchev–Trinajstić information content (AvgIpc) is 3.04. The van der Waals surface area contributed by atoms with E-state index in [1.54, 1.807) is 19.4 Å². The standard InChI is InChI=1S/C19H19NO3/c1-4-13-10-16(18(21)9-12(13)2)19-17(11-20-23-19)14-5-7-15(22-3)8-6-14/h5-11,21H,4H2,1-3H3. The van der Waals surface area contributed by atoms with Gasteiger partial charge in [-0.2, -0.15) is 0 Å². The van der Waals surface area contributed by atoms with E-state index >= 15 is 0 Å². The number of nitrogens with zero attached hydrogens (tertiary/aromatic N) is 1. The number of hydrogen-bond acceptors (Lipinski definition) is 4. The van der Waals surface area contributed by atoms with Crippen molar-refractivity contribution in [3.8, 4) is 33.9 Å². The van der Waals surface area contributed by atoms with Gasteiger partial charge in [0.2, 0.25) is 0 Å². The van der Waals surface area contributed by atoms with E-state index in [1.165, 1.54) is 5.56 Å². The fourth-order valence-corrected chi connectivity index (χ4v) is 2.71. The van der Waals surface area contributed by atoms with Crippen molar-refractivity contribution in [1.82, 2.24) is 5.16 Å². The minimum absolute atomic E-state index is 0.200. The summed E-state index contributed by atoms with van der Waals surface area (Å²) in [6, 6.07) is 11.4. The lowest BCUT2D eigenvalue weighted by Crippen LogP contribution is -1.90. The summed E-state index contributed by atoms with van der Waals surface area (Å²) in [6.45, 7) is 4.08. The number of phenols is 1. The molecule has 1 aromatic heterocycles. The molecule has 4 nitrogen and oxygen atoms in total. The second-order valence-electron chi connectivity index (χ2n) is 5.45. The number of methoxy groups -OCH3 is 1. The monoisotopic (exact) mass is 309 g/mol. The molecule has 0 unspecified atom stereocenters. The number of aryl methyl sites for hydroxylation is 2. The van der Waals surface area contributed by atoms with E-state index in [-0.39, 0.29) is 5.75 Å². The Labute approximate surface area is 135 Å². The molecule has 0 aliphatic carbocycles. The number of rotatable bonds is 4. The van der Waals surface area contributed by atoms with Gasteiger partial charge in [-0.15, -0.1) is 0 Å². The first-order valence-electron chi connectivity index (χ1n) is 7.56. The first-order chi connectivity index (χ1) is 11.1. The van der Waals surface area contributed by atoms with E-state index in [0.717, 1.165) is 28.9 Å². The Morgan fingerprint density at radius 1 is 1.13 bits per heavy atom. The molecule has 3 rings (SSSR count). The molecule has 1 heterocycles. The lowest BCUT2D eigenvalue weighted by molar-refractivity contribution is 0.415. The van der Waals surface area contributed by atoms with Crippen molar-refractivity contribution in [2.24, 2.45) is 0 Å². The molecule has 0 aliphatic rings. The van der Waals surface area contributed by atoms with E-state index in [2.05, 4.69) is 12.1 Å². The average molecular weight is 309 g/mol. The summed E-state index contributed by atoms with van der Waals surface area (Å²) in [6.07, 6.45) is 2.56. The van der Waals surface area contributed by atoms with Crippen molar-refractivity contribution >= 4 is 0 Å². The van der Waals surface area contributed by atoms with E-state index in [9.17, 15) is 5.11 Å². The fourth-order valence-electron chi connectivity index (χ4n) is 2.71. The Hall–Kier alpha value is -2.75. The molecule has 2 aromatic carbocycles. The summed E-state index contributed by atoms with van der Waals surface area (Å²) < 4.78 is 10.6. The Bertz CT molecular complexity index is 819. The van der Waals surface area contributed by atoms with Crippen molar-refractivity contribution in [3.63, 3.8) is 0 Å². The van der Waals surface area contributed by atoms with E-state index in [0.29, 0.717) is 11.3 Å². The minimum atomic E-state index is 0.200. The Kier molecular flexibility index (Phi) is 4.06. The third-order valence-electron chi connectivity index (χ3n) is 4.05. The van der Waals surface area contributed by atoms with Gasteiger partial charge in [0.15, 0.2) is 5.76 Å². The van der Waals surface area contributed by atoms with Crippen LogP contribution in [-0.2, 0) is 6.42 Å². The summed E-state index contributed by atoms with van der Waals surface area (Å²) in [4.78, 5) is 0. The first-order valence-corrected chi connectivity index (χ1v) is 7.56.